The van der Waals surface area contributed by atoms with Crippen LogP contribution in [0.4, 0.5) is 5.69 Å². The van der Waals surface area contributed by atoms with E-state index in [9.17, 15) is 5.26 Å². The summed E-state index contributed by atoms with van der Waals surface area (Å²) >= 11 is 3.36. The molecule has 0 aliphatic carbocycles. The van der Waals surface area contributed by atoms with Gasteiger partial charge < -0.3 is 10.1 Å². The van der Waals surface area contributed by atoms with Gasteiger partial charge in [0.2, 0.25) is 0 Å². The van der Waals surface area contributed by atoms with Gasteiger partial charge in [-0.25, -0.2) is 0 Å². The molecule has 20 heavy (non-hydrogen) atoms. The molecule has 100 valence electrons. The third-order valence-electron chi connectivity index (χ3n) is 3.32. The third kappa shape index (κ3) is 2.50. The highest BCUT2D eigenvalue weighted by molar-refractivity contribution is 9.10. The summed E-state index contributed by atoms with van der Waals surface area (Å²) in [5.41, 5.74) is 2.84. The average Bonchev–Trinajstić information content (AvgIpc) is 2.49. The molecule has 1 aliphatic heterocycles. The predicted octanol–water partition coefficient (Wildman–Crippen LogP) is 4.47. The Balaban J connectivity index is 1.98. The lowest BCUT2D eigenvalue weighted by atomic mass is 10.0. The molecule has 1 N–H and O–H groups in total. The van der Waals surface area contributed by atoms with E-state index in [1.54, 1.807) is 6.07 Å². The molecule has 0 atom stereocenters. The molecule has 1 aliphatic rings. The van der Waals surface area contributed by atoms with E-state index in [1.165, 1.54) is 5.56 Å². The van der Waals surface area contributed by atoms with Gasteiger partial charge in [0.15, 0.2) is 5.75 Å². The van der Waals surface area contributed by atoms with Gasteiger partial charge in [0, 0.05) is 11.0 Å². The Bertz CT molecular complexity index is 691. The number of fused-ring (bicyclic) bond motifs is 1. The molecule has 3 nitrogen and oxygen atoms in total. The number of benzene rings is 2. The molecule has 0 amide bonds. The summed E-state index contributed by atoms with van der Waals surface area (Å²) in [6, 6.07) is 13.6. The molecule has 2 aromatic carbocycles. The van der Waals surface area contributed by atoms with Crippen LogP contribution in [-0.4, -0.2) is 6.54 Å². The Hall–Kier alpha value is -1.99. The van der Waals surface area contributed by atoms with Crippen molar-refractivity contribution in [2.24, 2.45) is 0 Å². The highest BCUT2D eigenvalue weighted by atomic mass is 79.9. The van der Waals surface area contributed by atoms with E-state index in [-0.39, 0.29) is 0 Å². The van der Waals surface area contributed by atoms with Gasteiger partial charge in [-0.05, 0) is 42.7 Å². The van der Waals surface area contributed by atoms with Gasteiger partial charge in [0.1, 0.15) is 11.8 Å². The van der Waals surface area contributed by atoms with Crippen LogP contribution < -0.4 is 10.1 Å². The maximum atomic E-state index is 9.19. The Morgan fingerprint density at radius 1 is 1.20 bits per heavy atom. The standard InChI is InChI=1S/C16H13BrN2O/c17-13-6-7-14(12(9-13)10-18)20-15-5-1-3-11-4-2-8-19-16(11)15/h1,3,5-7,9,19H,2,4,8H2. The van der Waals surface area contributed by atoms with E-state index in [4.69, 9.17) is 4.74 Å². The molecule has 4 heteroatoms. The minimum absolute atomic E-state index is 0.521. The number of aryl methyl sites for hydroxylation is 1. The average molecular weight is 329 g/mol. The second-order valence-corrected chi connectivity index (χ2v) is 5.59. The first-order chi connectivity index (χ1) is 9.78. The number of ether oxygens (including phenoxy) is 1. The van der Waals surface area contributed by atoms with Crippen molar-refractivity contribution in [3.8, 4) is 17.6 Å². The Labute approximate surface area is 126 Å². The maximum absolute atomic E-state index is 9.19. The Kier molecular flexibility index (Phi) is 3.62. The molecule has 2 aromatic rings. The minimum Gasteiger partial charge on any atom is -0.454 e. The number of nitrogens with zero attached hydrogens (tertiary/aromatic N) is 1. The van der Waals surface area contributed by atoms with Crippen molar-refractivity contribution < 1.29 is 4.74 Å². The van der Waals surface area contributed by atoms with E-state index in [1.807, 2.05) is 24.3 Å². The number of hydrogen-bond acceptors (Lipinski definition) is 3. The number of anilines is 1. The van der Waals surface area contributed by atoms with Gasteiger partial charge in [0.25, 0.3) is 0 Å². The summed E-state index contributed by atoms with van der Waals surface area (Å²) in [5, 5.41) is 12.6. The molecule has 1 heterocycles. The topological polar surface area (TPSA) is 45.0 Å². The van der Waals surface area contributed by atoms with Crippen LogP contribution >= 0.6 is 15.9 Å². The van der Waals surface area contributed by atoms with Gasteiger partial charge >= 0.3 is 0 Å². The van der Waals surface area contributed by atoms with E-state index < -0.39 is 0 Å². The zero-order chi connectivity index (χ0) is 13.9. The first kappa shape index (κ1) is 13.0. The lowest BCUT2D eigenvalue weighted by Gasteiger charge is -2.21. The van der Waals surface area contributed by atoms with Crippen molar-refractivity contribution in [3.63, 3.8) is 0 Å². The number of rotatable bonds is 2. The van der Waals surface area contributed by atoms with Crippen LogP contribution in [-0.2, 0) is 6.42 Å². The van der Waals surface area contributed by atoms with Crippen LogP contribution in [0.2, 0.25) is 0 Å². The van der Waals surface area contributed by atoms with Crippen molar-refractivity contribution in [1.29, 1.82) is 5.26 Å². The molecule has 0 aromatic heterocycles. The second-order valence-electron chi connectivity index (χ2n) is 4.67. The zero-order valence-corrected chi connectivity index (χ0v) is 12.4. The van der Waals surface area contributed by atoms with E-state index in [0.717, 1.165) is 35.3 Å². The molecule has 0 fully saturated rings. The predicted molar refractivity (Wildman–Crippen MR) is 82.2 cm³/mol. The van der Waals surface area contributed by atoms with Crippen molar-refractivity contribution in [2.45, 2.75) is 12.8 Å². The van der Waals surface area contributed by atoms with Crippen LogP contribution in [0, 0.1) is 11.3 Å². The largest absolute Gasteiger partial charge is 0.454 e. The van der Waals surface area contributed by atoms with Crippen LogP contribution in [0.15, 0.2) is 40.9 Å². The summed E-state index contributed by atoms with van der Waals surface area (Å²) in [6.45, 7) is 0.957. The number of halogens is 1. The smallest absolute Gasteiger partial charge is 0.150 e. The molecular weight excluding hydrogens is 316 g/mol. The second kappa shape index (κ2) is 5.56. The van der Waals surface area contributed by atoms with Crippen molar-refractivity contribution >= 4 is 21.6 Å². The summed E-state index contributed by atoms with van der Waals surface area (Å²) in [4.78, 5) is 0. The fourth-order valence-corrected chi connectivity index (χ4v) is 2.72. The first-order valence-electron chi connectivity index (χ1n) is 6.51. The van der Waals surface area contributed by atoms with Crippen molar-refractivity contribution in [1.82, 2.24) is 0 Å². The van der Waals surface area contributed by atoms with Crippen LogP contribution in [0.1, 0.15) is 17.5 Å². The summed E-state index contributed by atoms with van der Waals surface area (Å²) in [6.07, 6.45) is 2.20. The normalized spacial score (nSPS) is 13.0. The highest BCUT2D eigenvalue weighted by Gasteiger charge is 2.15. The van der Waals surface area contributed by atoms with E-state index in [2.05, 4.69) is 33.4 Å². The highest BCUT2D eigenvalue weighted by Crippen LogP contribution is 2.36. The summed E-state index contributed by atoms with van der Waals surface area (Å²) < 4.78 is 6.82. The quantitative estimate of drug-likeness (QED) is 0.884. The van der Waals surface area contributed by atoms with Crippen LogP contribution in [0.3, 0.4) is 0 Å². The minimum atomic E-state index is 0.521. The lowest BCUT2D eigenvalue weighted by molar-refractivity contribution is 0.481. The molecule has 0 radical (unpaired) electrons. The zero-order valence-electron chi connectivity index (χ0n) is 10.8. The molecule has 0 saturated carbocycles. The van der Waals surface area contributed by atoms with E-state index >= 15 is 0 Å². The number of para-hydroxylation sites is 1. The van der Waals surface area contributed by atoms with Crippen molar-refractivity contribution in [2.75, 3.05) is 11.9 Å². The molecule has 0 saturated heterocycles. The number of hydrogen-bond donors (Lipinski definition) is 1. The molecule has 0 bridgehead atoms. The maximum Gasteiger partial charge on any atom is 0.150 e. The molecule has 0 spiro atoms. The molecule has 0 unspecified atom stereocenters. The molecule has 3 rings (SSSR count). The van der Waals surface area contributed by atoms with Crippen molar-refractivity contribution in [3.05, 3.63) is 52.0 Å². The number of nitrogens with one attached hydrogen (secondary N) is 1. The van der Waals surface area contributed by atoms with Gasteiger partial charge in [-0.3, -0.25) is 0 Å². The lowest BCUT2D eigenvalue weighted by Crippen LogP contribution is -2.12. The summed E-state index contributed by atoms with van der Waals surface area (Å²) in [5.74, 6) is 1.36. The van der Waals surface area contributed by atoms with Gasteiger partial charge in [0.05, 0.1) is 11.3 Å². The summed E-state index contributed by atoms with van der Waals surface area (Å²) in [7, 11) is 0. The Morgan fingerprint density at radius 3 is 2.95 bits per heavy atom. The first-order valence-corrected chi connectivity index (χ1v) is 7.30. The van der Waals surface area contributed by atoms with Gasteiger partial charge in [-0.1, -0.05) is 28.1 Å². The van der Waals surface area contributed by atoms with E-state index in [0.29, 0.717) is 11.3 Å². The van der Waals surface area contributed by atoms with Crippen LogP contribution in [0.25, 0.3) is 0 Å². The van der Waals surface area contributed by atoms with Crippen LogP contribution in [0.5, 0.6) is 11.5 Å². The fourth-order valence-electron chi connectivity index (χ4n) is 2.36. The third-order valence-corrected chi connectivity index (χ3v) is 3.81. The van der Waals surface area contributed by atoms with Gasteiger partial charge in [-0.2, -0.15) is 5.26 Å². The monoisotopic (exact) mass is 328 g/mol. The fraction of sp³-hybridized carbons (Fsp3) is 0.188. The Morgan fingerprint density at radius 2 is 2.10 bits per heavy atom. The van der Waals surface area contributed by atoms with Gasteiger partial charge in [-0.15, -0.1) is 0 Å². The number of nitriles is 1. The molecular formula is C16H13BrN2O. The SMILES string of the molecule is N#Cc1cc(Br)ccc1Oc1cccc2c1NCCC2.